The lowest BCUT2D eigenvalue weighted by atomic mass is 9.92. The van der Waals surface area contributed by atoms with Crippen molar-refractivity contribution >= 4 is 16.8 Å². The average molecular weight is 268 g/mol. The van der Waals surface area contributed by atoms with Gasteiger partial charge in [0.1, 0.15) is 0 Å². The van der Waals surface area contributed by atoms with Gasteiger partial charge in [-0.15, -0.1) is 0 Å². The molecule has 1 unspecified atom stereocenters. The van der Waals surface area contributed by atoms with Crippen LogP contribution in [0.1, 0.15) is 43.5 Å². The van der Waals surface area contributed by atoms with Gasteiger partial charge in [-0.25, -0.2) is 0 Å². The third-order valence-corrected chi connectivity index (χ3v) is 4.20. The number of benzene rings is 1. The Morgan fingerprint density at radius 1 is 1.30 bits per heavy atom. The zero-order valence-electron chi connectivity index (χ0n) is 12.0. The molecule has 1 aromatic carbocycles. The number of carbonyl (C=O) groups is 1. The predicted octanol–water partition coefficient (Wildman–Crippen LogP) is 3.54. The van der Waals surface area contributed by atoms with Crippen molar-refractivity contribution in [2.45, 2.75) is 39.2 Å². The fraction of sp³-hybridized carbons (Fsp3) is 0.412. The summed E-state index contributed by atoms with van der Waals surface area (Å²) in [7, 11) is 0. The standard InChI is InChI=1S/C17H20N2O/c1-17(2)9-7-12(11-17)19-16(20)14-8-10-18-15-6-4-3-5-13(14)15/h3-6,8,10,12H,7,9,11H2,1-2H3,(H,19,20). The molecule has 0 aliphatic heterocycles. The Labute approximate surface area is 119 Å². The van der Waals surface area contributed by atoms with Crippen LogP contribution in [0.5, 0.6) is 0 Å². The highest BCUT2D eigenvalue weighted by molar-refractivity contribution is 6.06. The van der Waals surface area contributed by atoms with Crippen LogP contribution in [0.15, 0.2) is 36.5 Å². The van der Waals surface area contributed by atoms with Crippen LogP contribution < -0.4 is 5.32 Å². The van der Waals surface area contributed by atoms with Crippen LogP contribution in [0.2, 0.25) is 0 Å². The highest BCUT2D eigenvalue weighted by atomic mass is 16.1. The lowest BCUT2D eigenvalue weighted by Crippen LogP contribution is -2.33. The molecule has 0 bridgehead atoms. The minimum atomic E-state index is 0.0197. The summed E-state index contributed by atoms with van der Waals surface area (Å²) in [4.78, 5) is 16.8. The Balaban J connectivity index is 1.83. The fourth-order valence-corrected chi connectivity index (χ4v) is 3.12. The minimum absolute atomic E-state index is 0.0197. The third-order valence-electron chi connectivity index (χ3n) is 4.20. The van der Waals surface area contributed by atoms with Gasteiger partial charge in [0, 0.05) is 17.6 Å². The molecule has 20 heavy (non-hydrogen) atoms. The van der Waals surface area contributed by atoms with E-state index in [1.54, 1.807) is 12.3 Å². The Morgan fingerprint density at radius 3 is 2.85 bits per heavy atom. The molecule has 2 aromatic rings. The van der Waals surface area contributed by atoms with Gasteiger partial charge in [-0.3, -0.25) is 9.78 Å². The summed E-state index contributed by atoms with van der Waals surface area (Å²) in [6.07, 6.45) is 5.01. The van der Waals surface area contributed by atoms with Gasteiger partial charge in [0.15, 0.2) is 0 Å². The van der Waals surface area contributed by atoms with E-state index in [1.165, 1.54) is 6.42 Å². The number of pyridine rings is 1. The first-order valence-corrected chi connectivity index (χ1v) is 7.20. The molecule has 0 radical (unpaired) electrons. The SMILES string of the molecule is CC1(C)CCC(NC(=O)c2ccnc3ccccc23)C1. The summed E-state index contributed by atoms with van der Waals surface area (Å²) < 4.78 is 0. The van der Waals surface area contributed by atoms with Gasteiger partial charge in [0.25, 0.3) is 5.91 Å². The molecule has 3 rings (SSSR count). The van der Waals surface area contributed by atoms with E-state index in [0.29, 0.717) is 11.5 Å². The van der Waals surface area contributed by atoms with Gasteiger partial charge in [-0.2, -0.15) is 0 Å². The van der Waals surface area contributed by atoms with Crippen molar-refractivity contribution in [3.8, 4) is 0 Å². The maximum absolute atomic E-state index is 12.5. The summed E-state index contributed by atoms with van der Waals surface area (Å²) in [5.74, 6) is 0.0197. The molecular weight excluding hydrogens is 248 g/mol. The molecule has 1 atom stereocenters. The van der Waals surface area contributed by atoms with Crippen LogP contribution >= 0.6 is 0 Å². The molecule has 1 aliphatic carbocycles. The van der Waals surface area contributed by atoms with Gasteiger partial charge in [0.2, 0.25) is 0 Å². The van der Waals surface area contributed by atoms with Crippen molar-refractivity contribution in [1.82, 2.24) is 10.3 Å². The number of aromatic nitrogens is 1. The molecule has 0 saturated heterocycles. The molecule has 1 aromatic heterocycles. The molecule has 1 aliphatic rings. The first-order chi connectivity index (χ1) is 9.55. The fourth-order valence-electron chi connectivity index (χ4n) is 3.12. The minimum Gasteiger partial charge on any atom is -0.349 e. The second-order valence-electron chi connectivity index (χ2n) is 6.45. The summed E-state index contributed by atoms with van der Waals surface area (Å²) in [6, 6.07) is 9.87. The lowest BCUT2D eigenvalue weighted by molar-refractivity contribution is 0.0937. The number of rotatable bonds is 2. The van der Waals surface area contributed by atoms with Crippen molar-refractivity contribution in [2.75, 3.05) is 0 Å². The molecule has 0 spiro atoms. The van der Waals surface area contributed by atoms with E-state index in [2.05, 4.69) is 24.1 Å². The number of nitrogens with zero attached hydrogens (tertiary/aromatic N) is 1. The maximum Gasteiger partial charge on any atom is 0.252 e. The summed E-state index contributed by atoms with van der Waals surface area (Å²) >= 11 is 0. The summed E-state index contributed by atoms with van der Waals surface area (Å²) in [5.41, 5.74) is 1.94. The zero-order chi connectivity index (χ0) is 14.2. The second-order valence-corrected chi connectivity index (χ2v) is 6.45. The van der Waals surface area contributed by atoms with E-state index in [-0.39, 0.29) is 5.91 Å². The average Bonchev–Trinajstić information content (AvgIpc) is 2.77. The Kier molecular flexibility index (Phi) is 3.20. The smallest absolute Gasteiger partial charge is 0.252 e. The van der Waals surface area contributed by atoms with Gasteiger partial charge >= 0.3 is 0 Å². The molecule has 1 saturated carbocycles. The quantitative estimate of drug-likeness (QED) is 0.905. The number of hydrogen-bond acceptors (Lipinski definition) is 2. The Hall–Kier alpha value is -1.90. The molecular formula is C17H20N2O. The van der Waals surface area contributed by atoms with Crippen molar-refractivity contribution in [2.24, 2.45) is 5.41 Å². The summed E-state index contributed by atoms with van der Waals surface area (Å²) in [5, 5.41) is 4.10. The van der Waals surface area contributed by atoms with E-state index in [1.807, 2.05) is 24.3 Å². The van der Waals surface area contributed by atoms with E-state index in [9.17, 15) is 4.79 Å². The van der Waals surface area contributed by atoms with E-state index in [0.717, 1.165) is 29.3 Å². The molecule has 1 heterocycles. The van der Waals surface area contributed by atoms with Crippen LogP contribution in [0.25, 0.3) is 10.9 Å². The van der Waals surface area contributed by atoms with Crippen LogP contribution in [0.4, 0.5) is 0 Å². The number of carbonyl (C=O) groups excluding carboxylic acids is 1. The number of hydrogen-bond donors (Lipinski definition) is 1. The second kappa shape index (κ2) is 4.89. The van der Waals surface area contributed by atoms with Crippen molar-refractivity contribution < 1.29 is 4.79 Å². The number of para-hydroxylation sites is 1. The Morgan fingerprint density at radius 2 is 2.10 bits per heavy atom. The molecule has 1 amide bonds. The molecule has 3 nitrogen and oxygen atoms in total. The maximum atomic E-state index is 12.5. The Bertz CT molecular complexity index is 643. The molecule has 1 N–H and O–H groups in total. The van der Waals surface area contributed by atoms with Gasteiger partial charge < -0.3 is 5.32 Å². The topological polar surface area (TPSA) is 42.0 Å². The van der Waals surface area contributed by atoms with Crippen LogP contribution in [0.3, 0.4) is 0 Å². The normalized spacial score (nSPS) is 21.0. The first-order valence-electron chi connectivity index (χ1n) is 7.20. The summed E-state index contributed by atoms with van der Waals surface area (Å²) in [6.45, 7) is 4.53. The van der Waals surface area contributed by atoms with Gasteiger partial charge in [0.05, 0.1) is 11.1 Å². The van der Waals surface area contributed by atoms with Crippen LogP contribution in [-0.2, 0) is 0 Å². The van der Waals surface area contributed by atoms with E-state index >= 15 is 0 Å². The number of amides is 1. The predicted molar refractivity (Wildman–Crippen MR) is 80.6 cm³/mol. The monoisotopic (exact) mass is 268 g/mol. The van der Waals surface area contributed by atoms with Crippen LogP contribution in [0, 0.1) is 5.41 Å². The molecule has 1 fully saturated rings. The zero-order valence-corrected chi connectivity index (χ0v) is 12.0. The molecule has 104 valence electrons. The largest absolute Gasteiger partial charge is 0.349 e. The number of fused-ring (bicyclic) bond motifs is 1. The third kappa shape index (κ3) is 2.53. The van der Waals surface area contributed by atoms with Crippen molar-refractivity contribution in [3.05, 3.63) is 42.1 Å². The molecule has 3 heteroatoms. The van der Waals surface area contributed by atoms with E-state index < -0.39 is 0 Å². The number of nitrogens with one attached hydrogen (secondary N) is 1. The van der Waals surface area contributed by atoms with Crippen molar-refractivity contribution in [1.29, 1.82) is 0 Å². The van der Waals surface area contributed by atoms with Gasteiger partial charge in [-0.05, 0) is 36.8 Å². The van der Waals surface area contributed by atoms with E-state index in [4.69, 9.17) is 0 Å². The van der Waals surface area contributed by atoms with Crippen molar-refractivity contribution in [3.63, 3.8) is 0 Å². The van der Waals surface area contributed by atoms with Crippen LogP contribution in [-0.4, -0.2) is 16.9 Å². The highest BCUT2D eigenvalue weighted by Gasteiger charge is 2.31. The first kappa shape index (κ1) is 13.1. The van der Waals surface area contributed by atoms with Gasteiger partial charge in [-0.1, -0.05) is 32.0 Å². The highest BCUT2D eigenvalue weighted by Crippen LogP contribution is 2.37. The lowest BCUT2D eigenvalue weighted by Gasteiger charge is -2.18.